The topological polar surface area (TPSA) is 538 Å². The maximum absolute atomic E-state index is 10.7. The zero-order valence-corrected chi connectivity index (χ0v) is 90.0. The summed E-state index contributed by atoms with van der Waals surface area (Å²) in [6.45, 7) is 33.5. The van der Waals surface area contributed by atoms with Crippen LogP contribution in [0.25, 0.3) is 55.8 Å². The summed E-state index contributed by atoms with van der Waals surface area (Å²) < 4.78 is 44.0. The van der Waals surface area contributed by atoms with Gasteiger partial charge >= 0.3 is 6.01 Å². The van der Waals surface area contributed by atoms with Crippen LogP contribution in [-0.4, -0.2) is 392 Å². The number of pyridine rings is 2. The SMILES string of the molecule is C=P(C)(C)CC[C@H]1O[C@@H](n2c(C)nc3c(N)ccnc32)[C@H](O)[C@@H]1O.C=P(C)(C)CC[C@H]1O[C@@H](n2c(CC)nc3c(N)ccnc32)[C@H](O)[C@@H]1O.C=P(C)(C)CC[C@H]1O[C@@H](n2cnc3c(NC/C=C(/C)CC)nc(OC)nc32)[C@H](O)[C@@H]1O.C=P(C)(C)CC[C@H]1O[C@@H](n2cnc3c(NC/C=C(/C)CC)nc(SC)nc32)[C@H](O)[C@@H]1O.C=P(C)(C)CC[C@H]1O[C@@H](n2cnc3c(NC/C=C(/C)CC)ncnc32)[C@H](O)[C@@H]1O. The lowest BCUT2D eigenvalue weighted by atomic mass is 10.1. The summed E-state index contributed by atoms with van der Waals surface area (Å²) in [5.74, 6) is 3.16. The minimum atomic E-state index is -1.26. The van der Waals surface area contributed by atoms with Crippen molar-refractivity contribution in [2.75, 3.05) is 158 Å². The summed E-state index contributed by atoms with van der Waals surface area (Å²) in [7, 11) is 1.50. The molecule has 5 aliphatic rings. The lowest BCUT2D eigenvalue weighted by Crippen LogP contribution is -2.32. The Morgan fingerprint density at radius 1 is 0.407 bits per heavy atom. The number of allylic oxidation sites excluding steroid dienone is 3. The Hall–Kier alpha value is -7.84. The third kappa shape index (κ3) is 28.3. The van der Waals surface area contributed by atoms with Gasteiger partial charge in [-0.05, 0) is 195 Å². The second kappa shape index (κ2) is 48.4. The second-order valence-corrected chi connectivity index (χ2v) is 62.4. The number of nitrogens with one attached hydrogen (secondary N) is 3. The Kier molecular flexibility index (Phi) is 38.9. The Morgan fingerprint density at radius 2 is 0.736 bits per heavy atom. The van der Waals surface area contributed by atoms with Gasteiger partial charge < -0.3 is 107 Å². The molecule has 0 aliphatic carbocycles. The van der Waals surface area contributed by atoms with Gasteiger partial charge in [-0.3, -0.25) is 22.8 Å². The summed E-state index contributed by atoms with van der Waals surface area (Å²) in [6.07, 6.45) is 34.0. The fourth-order valence-electron chi connectivity index (χ4n) is 16.5. The lowest BCUT2D eigenvalue weighted by Gasteiger charge is -2.19. The smallest absolute Gasteiger partial charge is 0.320 e. The van der Waals surface area contributed by atoms with Gasteiger partial charge in [0.25, 0.3) is 0 Å². The quantitative estimate of drug-likeness (QED) is 0.00759. The molecule has 0 unspecified atom stereocenters. The molecule has 10 aromatic heterocycles. The number of aryl methyl sites for hydroxylation is 2. The first-order valence-corrected chi connectivity index (χ1v) is 64.0. The monoisotopic (exact) mass is 2060 g/mol. The predicted octanol–water partition coefficient (Wildman–Crippen LogP) is 10.0. The number of aliphatic hydroxyl groups is 10. The molecule has 10 aromatic rings. The maximum atomic E-state index is 10.7. The summed E-state index contributed by atoms with van der Waals surface area (Å²) in [5, 5.41) is 116. The van der Waals surface area contributed by atoms with Gasteiger partial charge in [-0.15, -0.1) is 65.9 Å². The van der Waals surface area contributed by atoms with E-state index in [1.807, 2.05) is 20.1 Å². The van der Waals surface area contributed by atoms with E-state index in [1.54, 1.807) is 66.3 Å². The fraction of sp³-hybridized carbons (Fsp3) is 0.600. The number of rotatable bonds is 35. The van der Waals surface area contributed by atoms with E-state index in [1.165, 1.54) is 41.9 Å². The van der Waals surface area contributed by atoms with Gasteiger partial charge in [0.1, 0.15) is 90.0 Å². The Bertz CT molecular complexity index is 6060. The largest absolute Gasteiger partial charge is 0.467 e. The van der Waals surface area contributed by atoms with E-state index in [0.717, 1.165) is 55.9 Å². The number of methoxy groups -OCH3 is 1. The summed E-state index contributed by atoms with van der Waals surface area (Å²) in [6, 6.07) is 3.56. The average molecular weight is 2060 g/mol. The van der Waals surface area contributed by atoms with Crippen LogP contribution in [-0.2, 0) is 30.1 Å². The number of aromatic nitrogens is 18. The molecule has 39 nitrogen and oxygen atoms in total. The predicted molar refractivity (Wildman–Crippen MR) is 576 cm³/mol. The van der Waals surface area contributed by atoms with Crippen molar-refractivity contribution in [3.05, 3.63) is 96.4 Å². The number of aliphatic hydroxyl groups excluding tert-OH is 10. The van der Waals surface area contributed by atoms with Crippen LogP contribution >= 0.6 is 46.2 Å². The highest BCUT2D eigenvalue weighted by Gasteiger charge is 2.50. The Labute approximate surface area is 826 Å². The van der Waals surface area contributed by atoms with Crippen molar-refractivity contribution in [1.29, 1.82) is 0 Å². The van der Waals surface area contributed by atoms with Crippen molar-refractivity contribution in [3.8, 4) is 6.01 Å². The third-order valence-electron chi connectivity index (χ3n) is 25.3. The number of nitrogens with zero attached hydrogens (tertiary/aromatic N) is 18. The summed E-state index contributed by atoms with van der Waals surface area (Å²) >= 11 is 1.43. The van der Waals surface area contributed by atoms with E-state index in [2.05, 4.69) is 239 Å². The highest BCUT2D eigenvalue weighted by Crippen LogP contribution is 2.47. The van der Waals surface area contributed by atoms with Crippen LogP contribution in [0.4, 0.5) is 28.8 Å². The molecule has 0 radical (unpaired) electrons. The molecule has 17 N–H and O–H groups in total. The van der Waals surface area contributed by atoms with Crippen LogP contribution in [0.3, 0.4) is 0 Å². The van der Waals surface area contributed by atoms with E-state index in [4.69, 9.17) is 39.9 Å². The lowest BCUT2D eigenvalue weighted by molar-refractivity contribution is -0.0367. The van der Waals surface area contributed by atoms with E-state index in [9.17, 15) is 51.1 Å². The molecule has 20 atom stereocenters. The molecule has 5 saturated heterocycles. The van der Waals surface area contributed by atoms with Crippen LogP contribution < -0.4 is 32.2 Å². The van der Waals surface area contributed by atoms with E-state index >= 15 is 0 Å². The van der Waals surface area contributed by atoms with E-state index < -0.39 is 157 Å². The molecule has 5 aliphatic heterocycles. The number of imidazole rings is 5. The molecule has 0 bridgehead atoms. The van der Waals surface area contributed by atoms with Crippen molar-refractivity contribution in [3.63, 3.8) is 0 Å². The van der Waals surface area contributed by atoms with Crippen LogP contribution in [0.1, 0.15) is 143 Å². The first kappa shape index (κ1) is 112. The number of thioether (sulfide) groups is 1. The molecule has 15 heterocycles. The van der Waals surface area contributed by atoms with Gasteiger partial charge in [-0.25, -0.2) is 54.8 Å². The highest BCUT2D eigenvalue weighted by atomic mass is 32.2. The summed E-state index contributed by atoms with van der Waals surface area (Å²) in [5.41, 5.74) is 22.5. The number of nitrogen functional groups attached to an aromatic ring is 2. The van der Waals surface area contributed by atoms with Crippen molar-refractivity contribution in [1.82, 2.24) is 87.6 Å². The first-order valence-electron chi connectivity index (χ1n) is 47.5. The number of nitrogens with two attached hydrogens (primary N) is 2. The van der Waals surface area contributed by atoms with Crippen molar-refractivity contribution >= 4 is 162 Å². The van der Waals surface area contributed by atoms with Crippen LogP contribution in [0, 0.1) is 6.92 Å². The summed E-state index contributed by atoms with van der Waals surface area (Å²) in [4.78, 5) is 57.6. The second-order valence-electron chi connectivity index (χ2n) is 40.1. The van der Waals surface area contributed by atoms with Gasteiger partial charge in [0.15, 0.2) is 98.5 Å². The maximum Gasteiger partial charge on any atom is 0.320 e. The third-order valence-corrected chi connectivity index (χ3v) is 33.1. The van der Waals surface area contributed by atoms with Crippen LogP contribution in [0.2, 0.25) is 0 Å². The molecule has 0 spiro atoms. The molecule has 0 saturated carbocycles. The number of anilines is 5. The molecule has 0 aromatic carbocycles. The number of ether oxygens (including phenoxy) is 6. The van der Waals surface area contributed by atoms with Crippen LogP contribution in [0.5, 0.6) is 6.01 Å². The van der Waals surface area contributed by atoms with Crippen LogP contribution in [0.15, 0.2) is 89.9 Å². The van der Waals surface area contributed by atoms with E-state index in [0.29, 0.717) is 154 Å². The van der Waals surface area contributed by atoms with Gasteiger partial charge in [-0.2, -0.15) is 9.97 Å². The molecular formula is C95H152N23O16P5S. The molecule has 774 valence electrons. The Morgan fingerprint density at radius 3 is 1.10 bits per heavy atom. The number of hydrogen-bond donors (Lipinski definition) is 15. The minimum Gasteiger partial charge on any atom is -0.467 e. The zero-order chi connectivity index (χ0) is 103. The number of hydrogen-bond acceptors (Lipinski definition) is 35. The number of fused-ring (bicyclic) bond motifs is 5. The molecule has 0 amide bonds. The molecular weight excluding hydrogens is 1910 g/mol. The van der Waals surface area contributed by atoms with Crippen molar-refractivity contribution in [2.45, 2.75) is 241 Å². The average Bonchev–Trinajstić information content (AvgIpc) is 1.63. The van der Waals surface area contributed by atoms with Gasteiger partial charge in [-0.1, -0.05) is 74.4 Å². The van der Waals surface area contributed by atoms with Gasteiger partial charge in [0.05, 0.1) is 68.0 Å². The fourth-order valence-corrected chi connectivity index (χ4v) is 21.6. The molecule has 140 heavy (non-hydrogen) atoms. The minimum absolute atomic E-state index is 0.182. The normalized spacial score (nSPS) is 25.9. The molecule has 45 heteroatoms. The van der Waals surface area contributed by atoms with E-state index in [-0.39, 0.29) is 6.01 Å². The van der Waals surface area contributed by atoms with Crippen molar-refractivity contribution < 1.29 is 79.5 Å². The molecule has 15 rings (SSSR count). The highest BCUT2D eigenvalue weighted by molar-refractivity contribution is 7.98. The zero-order valence-electron chi connectivity index (χ0n) is 84.7. The van der Waals surface area contributed by atoms with Gasteiger partial charge in [0, 0.05) is 38.4 Å². The standard InChI is InChI=1S/C21H34N5O4P.C21H34N5O3PS.C20H32N5O3P.C17H27N4O3P.C16H25N4O3P/c1-7-13(2)8-10-22-18-15-19(25-21(24-18)29-3)26(12-23-15)20-17(28)16(27)14(30-20)9-11-31(4,5)6;1-7-13(2)8-10-22-18-15-19(25-21(24-18)31-6)26(12-23-15)20-17(28)16(27)14(29-20)9-11-30(3,4)5;1-6-13(2)7-9-21-18-15-19(23-11-22-18)25(12-24-15)20-17(27)16(26)14(28-20)8-10-29(3,4)5;1-5-12-20-13-10(18)6-8-19-16(13)21(12)17-15(23)14(22)11(24-17)7-9-25(2,3)4;1-9-19-12-10(17)5-7-18-15(12)20(9)16-14(22)13(21)11(23-16)6-8-24(2,3)4/h8,12,14,16-17,20,27-28H,4,7,9-11H2,1-3,5-6H3,(H,22,24,25);8,12,14,16-17,20,27-28H,3,7,9-11H2,1-2,4-6H3,(H,22,24,25);7,11-12,14,16-17,20,26-27H,3,6,8-10H2,1-2,4-5H3,(H,21,22,23);6,8,11,14-15,17,22-23H,2,5,7,9H2,1,3-4H3,(H2,18,19);5,7,11,13-14,16,21-22H,2,6,8H2,1,3-4H3,(H2,17,18)/b2*13-8-;13-7-;;/t3*14-,16-,17-,20-;11-,14-,15-,17-;11-,13-,14-,16-/m11111/s1. The van der Waals surface area contributed by atoms with Crippen molar-refractivity contribution in [2.24, 2.45) is 0 Å². The molecule has 5 fully saturated rings. The van der Waals surface area contributed by atoms with Gasteiger partial charge in [0.2, 0.25) is 0 Å². The Balaban J connectivity index is 0.000000168. The first-order chi connectivity index (χ1) is 65.9.